The molecule has 23 heavy (non-hydrogen) atoms. The van der Waals surface area contributed by atoms with Crippen LogP contribution >= 0.6 is 22.9 Å². The fourth-order valence-electron chi connectivity index (χ4n) is 2.47. The molecule has 6 heteroatoms. The van der Waals surface area contributed by atoms with Gasteiger partial charge < -0.3 is 0 Å². The van der Waals surface area contributed by atoms with Crippen molar-refractivity contribution in [3.05, 3.63) is 69.7 Å². The number of aryl methyl sites for hydroxylation is 1. The number of nitrogens with zero attached hydrogens (tertiary/aromatic N) is 4. The molecule has 0 bridgehead atoms. The van der Waals surface area contributed by atoms with E-state index >= 15 is 0 Å². The van der Waals surface area contributed by atoms with E-state index in [0.717, 1.165) is 32.8 Å². The Labute approximate surface area is 142 Å². The van der Waals surface area contributed by atoms with Crippen LogP contribution in [0.15, 0.2) is 48.5 Å². The molecule has 114 valence electrons. The van der Waals surface area contributed by atoms with Gasteiger partial charge in [0.2, 0.25) is 4.96 Å². The molecular formula is C17H13ClN4S. The second-order valence-electron chi connectivity index (χ2n) is 5.39. The highest BCUT2D eigenvalue weighted by atomic mass is 35.5. The maximum atomic E-state index is 5.93. The van der Waals surface area contributed by atoms with Crippen molar-refractivity contribution in [2.75, 3.05) is 0 Å². The number of rotatable bonds is 3. The maximum absolute atomic E-state index is 5.93. The van der Waals surface area contributed by atoms with Crippen LogP contribution in [0.25, 0.3) is 16.3 Å². The van der Waals surface area contributed by atoms with E-state index in [1.807, 2.05) is 40.9 Å². The van der Waals surface area contributed by atoms with E-state index in [-0.39, 0.29) is 0 Å². The lowest BCUT2D eigenvalue weighted by molar-refractivity contribution is 0.917. The summed E-state index contributed by atoms with van der Waals surface area (Å²) in [5.74, 6) is 0.780. The lowest BCUT2D eigenvalue weighted by atomic mass is 10.1. The molecule has 0 saturated heterocycles. The number of halogens is 1. The fourth-order valence-corrected chi connectivity index (χ4v) is 3.46. The summed E-state index contributed by atoms with van der Waals surface area (Å²) in [6, 6.07) is 16.0. The Hall–Kier alpha value is -2.24. The zero-order valence-electron chi connectivity index (χ0n) is 12.4. The highest BCUT2D eigenvalue weighted by Gasteiger charge is 2.13. The molecule has 0 aliphatic heterocycles. The molecule has 4 nitrogen and oxygen atoms in total. The molecule has 0 fully saturated rings. The third kappa shape index (κ3) is 2.85. The highest BCUT2D eigenvalue weighted by molar-refractivity contribution is 7.16. The van der Waals surface area contributed by atoms with Gasteiger partial charge in [-0.1, -0.05) is 58.8 Å². The molecule has 2 aromatic carbocycles. The van der Waals surface area contributed by atoms with E-state index in [2.05, 4.69) is 34.4 Å². The topological polar surface area (TPSA) is 43.1 Å². The Morgan fingerprint density at radius 1 is 1.09 bits per heavy atom. The average molecular weight is 341 g/mol. The summed E-state index contributed by atoms with van der Waals surface area (Å²) < 4.78 is 1.82. The van der Waals surface area contributed by atoms with Crippen molar-refractivity contribution in [2.24, 2.45) is 0 Å². The van der Waals surface area contributed by atoms with Gasteiger partial charge >= 0.3 is 0 Å². The molecule has 0 N–H and O–H groups in total. The normalized spacial score (nSPS) is 11.2. The van der Waals surface area contributed by atoms with E-state index < -0.39 is 0 Å². The van der Waals surface area contributed by atoms with Gasteiger partial charge in [0.1, 0.15) is 5.01 Å². The van der Waals surface area contributed by atoms with Crippen LogP contribution in [0.3, 0.4) is 0 Å². The van der Waals surface area contributed by atoms with Gasteiger partial charge in [-0.05, 0) is 30.7 Å². The highest BCUT2D eigenvalue weighted by Crippen LogP contribution is 2.23. The lowest BCUT2D eigenvalue weighted by Gasteiger charge is -1.99. The molecule has 0 radical (unpaired) electrons. The van der Waals surface area contributed by atoms with Crippen LogP contribution in [-0.4, -0.2) is 19.8 Å². The van der Waals surface area contributed by atoms with Crippen LogP contribution in [0.1, 0.15) is 16.1 Å². The first-order chi connectivity index (χ1) is 11.2. The van der Waals surface area contributed by atoms with Crippen molar-refractivity contribution in [3.8, 4) is 11.4 Å². The largest absolute Gasteiger partial charge is 0.234 e. The molecule has 0 amide bonds. The predicted molar refractivity (Wildman–Crippen MR) is 93.1 cm³/mol. The van der Waals surface area contributed by atoms with Gasteiger partial charge in [-0.15, -0.1) is 10.2 Å². The molecule has 0 spiro atoms. The second-order valence-corrected chi connectivity index (χ2v) is 6.86. The third-order valence-electron chi connectivity index (χ3n) is 3.58. The standard InChI is InChI=1S/C17H13ClN4S/c1-11-3-2-4-13(9-11)16-19-20-17-22(16)21-15(23-17)10-12-5-7-14(18)8-6-12/h2-9H,10H2,1H3. The predicted octanol–water partition coefficient (Wildman–Crippen LogP) is 4.41. The van der Waals surface area contributed by atoms with Crippen molar-refractivity contribution in [2.45, 2.75) is 13.3 Å². The Morgan fingerprint density at radius 3 is 2.70 bits per heavy atom. The molecule has 0 aliphatic carbocycles. The Bertz CT molecular complexity index is 972. The van der Waals surface area contributed by atoms with Crippen molar-refractivity contribution >= 4 is 27.9 Å². The summed E-state index contributed by atoms with van der Waals surface area (Å²) >= 11 is 7.49. The van der Waals surface area contributed by atoms with Gasteiger partial charge in [0.15, 0.2) is 5.82 Å². The van der Waals surface area contributed by atoms with Crippen LogP contribution in [0.5, 0.6) is 0 Å². The van der Waals surface area contributed by atoms with Crippen molar-refractivity contribution in [1.29, 1.82) is 0 Å². The Kier molecular flexibility index (Phi) is 3.59. The zero-order chi connectivity index (χ0) is 15.8. The smallest absolute Gasteiger partial charge is 0.183 e. The number of hydrogen-bond acceptors (Lipinski definition) is 4. The second kappa shape index (κ2) is 5.76. The molecule has 0 unspecified atom stereocenters. The fraction of sp³-hybridized carbons (Fsp3) is 0.118. The number of fused-ring (bicyclic) bond motifs is 1. The third-order valence-corrected chi connectivity index (χ3v) is 4.73. The van der Waals surface area contributed by atoms with E-state index in [4.69, 9.17) is 11.6 Å². The summed E-state index contributed by atoms with van der Waals surface area (Å²) in [6.07, 6.45) is 0.762. The van der Waals surface area contributed by atoms with E-state index in [1.165, 1.54) is 11.1 Å². The first kappa shape index (κ1) is 14.4. The Morgan fingerprint density at radius 2 is 1.91 bits per heavy atom. The summed E-state index contributed by atoms with van der Waals surface area (Å²) in [6.45, 7) is 2.06. The molecular weight excluding hydrogens is 328 g/mol. The first-order valence-electron chi connectivity index (χ1n) is 7.22. The van der Waals surface area contributed by atoms with Gasteiger partial charge in [-0.2, -0.15) is 9.61 Å². The minimum absolute atomic E-state index is 0.744. The number of hydrogen-bond donors (Lipinski definition) is 0. The lowest BCUT2D eigenvalue weighted by Crippen LogP contribution is -1.93. The zero-order valence-corrected chi connectivity index (χ0v) is 14.0. The molecule has 0 atom stereocenters. The Balaban J connectivity index is 1.70. The monoisotopic (exact) mass is 340 g/mol. The summed E-state index contributed by atoms with van der Waals surface area (Å²) in [5, 5.41) is 14.9. The number of benzene rings is 2. The summed E-state index contributed by atoms with van der Waals surface area (Å²) in [4.78, 5) is 0.811. The maximum Gasteiger partial charge on any atom is 0.234 e. The van der Waals surface area contributed by atoms with Crippen molar-refractivity contribution in [3.63, 3.8) is 0 Å². The van der Waals surface area contributed by atoms with Crippen LogP contribution in [0.2, 0.25) is 5.02 Å². The molecule has 4 rings (SSSR count). The minimum Gasteiger partial charge on any atom is -0.183 e. The molecule has 4 aromatic rings. The van der Waals surface area contributed by atoms with Gasteiger partial charge in [-0.25, -0.2) is 0 Å². The van der Waals surface area contributed by atoms with Crippen molar-refractivity contribution in [1.82, 2.24) is 19.8 Å². The van der Waals surface area contributed by atoms with Crippen molar-refractivity contribution < 1.29 is 0 Å². The van der Waals surface area contributed by atoms with Crippen LogP contribution in [0, 0.1) is 6.92 Å². The van der Waals surface area contributed by atoms with E-state index in [0.29, 0.717) is 0 Å². The minimum atomic E-state index is 0.744. The van der Waals surface area contributed by atoms with Gasteiger partial charge in [0.05, 0.1) is 0 Å². The quantitative estimate of drug-likeness (QED) is 0.555. The van der Waals surface area contributed by atoms with Crippen LogP contribution in [-0.2, 0) is 6.42 Å². The average Bonchev–Trinajstić information content (AvgIpc) is 3.09. The molecule has 2 heterocycles. The molecule has 0 aliphatic rings. The van der Waals surface area contributed by atoms with Crippen LogP contribution < -0.4 is 0 Å². The molecule has 2 aromatic heterocycles. The van der Waals surface area contributed by atoms with Gasteiger partial charge in [0.25, 0.3) is 0 Å². The van der Waals surface area contributed by atoms with E-state index in [1.54, 1.807) is 11.3 Å². The summed E-state index contributed by atoms with van der Waals surface area (Å²) in [7, 11) is 0. The number of aromatic nitrogens is 4. The summed E-state index contributed by atoms with van der Waals surface area (Å²) in [5.41, 5.74) is 3.40. The van der Waals surface area contributed by atoms with E-state index in [9.17, 15) is 0 Å². The van der Waals surface area contributed by atoms with Crippen LogP contribution in [0.4, 0.5) is 0 Å². The van der Waals surface area contributed by atoms with Gasteiger partial charge in [0, 0.05) is 17.0 Å². The SMILES string of the molecule is Cc1cccc(-c2nnc3sc(Cc4ccc(Cl)cc4)nn23)c1. The first-order valence-corrected chi connectivity index (χ1v) is 8.41. The molecule has 0 saturated carbocycles. The van der Waals surface area contributed by atoms with Gasteiger partial charge in [-0.3, -0.25) is 0 Å².